The van der Waals surface area contributed by atoms with E-state index in [1.165, 1.54) is 6.26 Å². The maximum absolute atomic E-state index is 11.9. The molecular weight excluding hydrogens is 346 g/mol. The van der Waals surface area contributed by atoms with Crippen LogP contribution < -0.4 is 4.74 Å². The molecule has 2 aromatic carbocycles. The number of carbonyl (C=O) groups is 1. The fraction of sp³-hybridized carbons (Fsp3) is 0.190. The molecule has 0 radical (unpaired) electrons. The molecule has 0 saturated carbocycles. The van der Waals surface area contributed by atoms with Gasteiger partial charge in [0.2, 0.25) is 5.75 Å². The van der Waals surface area contributed by atoms with Crippen LogP contribution in [0.2, 0.25) is 0 Å². The molecule has 0 bridgehead atoms. The molecule has 0 fully saturated rings. The van der Waals surface area contributed by atoms with Crippen LogP contribution in [0.25, 0.3) is 11.1 Å². The Kier molecular flexibility index (Phi) is 4.46. The molecule has 0 atom stereocenters. The first kappa shape index (κ1) is 17.0. The second-order valence-corrected chi connectivity index (χ2v) is 6.44. The van der Waals surface area contributed by atoms with Crippen LogP contribution in [0, 0.1) is 10.1 Å². The van der Waals surface area contributed by atoms with Crippen molar-refractivity contribution in [3.63, 3.8) is 0 Å². The van der Waals surface area contributed by atoms with Crippen LogP contribution >= 0.6 is 0 Å². The number of rotatable bonds is 6. The zero-order valence-electron chi connectivity index (χ0n) is 14.5. The summed E-state index contributed by atoms with van der Waals surface area (Å²) in [5, 5.41) is 11.9. The normalized spacial score (nSPS) is 12.6. The predicted octanol–water partition coefficient (Wildman–Crippen LogP) is 4.74. The number of aryl methyl sites for hydroxylation is 1. The summed E-state index contributed by atoms with van der Waals surface area (Å²) in [6.07, 6.45) is 4.30. The van der Waals surface area contributed by atoms with Gasteiger partial charge in [0.05, 0.1) is 11.2 Å². The summed E-state index contributed by atoms with van der Waals surface area (Å²) >= 11 is 0. The Hall–Kier alpha value is -3.41. The lowest BCUT2D eigenvalue weighted by Gasteiger charge is -2.15. The van der Waals surface area contributed by atoms with Crippen molar-refractivity contribution in [3.8, 4) is 16.9 Å². The van der Waals surface area contributed by atoms with Crippen molar-refractivity contribution in [2.45, 2.75) is 25.9 Å². The molecule has 6 nitrogen and oxygen atoms in total. The molecule has 136 valence electrons. The highest BCUT2D eigenvalue weighted by molar-refractivity contribution is 5.89. The SMILES string of the molecule is O=Cc1occc1-c1cc2c(c([N+](=O)[O-])c1OCc1ccccc1)CCC2. The standard InChI is InChI=1S/C21H17NO5/c23-12-19-17(9-10-26-19)18-11-15-7-4-8-16(15)20(22(24)25)21(18)27-13-14-5-2-1-3-6-14/h1-3,5-6,9-12H,4,7-8,13H2. The molecule has 27 heavy (non-hydrogen) atoms. The number of nitro benzene ring substituents is 1. The van der Waals surface area contributed by atoms with E-state index in [1.807, 2.05) is 36.4 Å². The van der Waals surface area contributed by atoms with E-state index in [9.17, 15) is 14.9 Å². The van der Waals surface area contributed by atoms with Gasteiger partial charge in [-0.1, -0.05) is 30.3 Å². The number of fused-ring (bicyclic) bond motifs is 1. The van der Waals surface area contributed by atoms with Gasteiger partial charge in [0.15, 0.2) is 12.0 Å². The van der Waals surface area contributed by atoms with Crippen LogP contribution in [0.15, 0.2) is 53.1 Å². The van der Waals surface area contributed by atoms with Crippen molar-refractivity contribution >= 4 is 12.0 Å². The van der Waals surface area contributed by atoms with Gasteiger partial charge >= 0.3 is 5.69 Å². The number of benzene rings is 2. The summed E-state index contributed by atoms with van der Waals surface area (Å²) in [4.78, 5) is 22.9. The lowest BCUT2D eigenvalue weighted by Crippen LogP contribution is -2.04. The van der Waals surface area contributed by atoms with Gasteiger partial charge in [-0.05, 0) is 42.5 Å². The highest BCUT2D eigenvalue weighted by Gasteiger charge is 2.32. The Morgan fingerprint density at radius 3 is 2.70 bits per heavy atom. The number of hydrogen-bond donors (Lipinski definition) is 0. The lowest BCUT2D eigenvalue weighted by atomic mass is 9.97. The van der Waals surface area contributed by atoms with Crippen LogP contribution in [0.4, 0.5) is 5.69 Å². The molecule has 1 aromatic heterocycles. The first-order valence-electron chi connectivity index (χ1n) is 8.72. The Labute approximate surface area is 155 Å². The Morgan fingerprint density at radius 1 is 1.15 bits per heavy atom. The highest BCUT2D eigenvalue weighted by Crippen LogP contribution is 2.46. The quantitative estimate of drug-likeness (QED) is 0.359. The van der Waals surface area contributed by atoms with Crippen molar-refractivity contribution in [2.24, 2.45) is 0 Å². The van der Waals surface area contributed by atoms with Gasteiger partial charge in [0.1, 0.15) is 6.61 Å². The van der Waals surface area contributed by atoms with E-state index < -0.39 is 0 Å². The van der Waals surface area contributed by atoms with E-state index in [1.54, 1.807) is 6.07 Å². The molecule has 0 N–H and O–H groups in total. The summed E-state index contributed by atoms with van der Waals surface area (Å²) < 4.78 is 11.2. The van der Waals surface area contributed by atoms with Crippen LogP contribution in [0.5, 0.6) is 5.75 Å². The number of furan rings is 1. The Morgan fingerprint density at radius 2 is 1.96 bits per heavy atom. The summed E-state index contributed by atoms with van der Waals surface area (Å²) in [7, 11) is 0. The molecule has 1 aliphatic rings. The number of carbonyl (C=O) groups excluding carboxylic acids is 1. The number of ether oxygens (including phenoxy) is 1. The number of hydrogen-bond acceptors (Lipinski definition) is 5. The minimum Gasteiger partial charge on any atom is -0.482 e. The van der Waals surface area contributed by atoms with Gasteiger partial charge < -0.3 is 9.15 Å². The third kappa shape index (κ3) is 3.10. The zero-order valence-corrected chi connectivity index (χ0v) is 14.5. The van der Waals surface area contributed by atoms with Gasteiger partial charge in [-0.25, -0.2) is 0 Å². The monoisotopic (exact) mass is 363 g/mol. The highest BCUT2D eigenvalue weighted by atomic mass is 16.6. The number of aldehydes is 1. The minimum absolute atomic E-state index is 0.00557. The topological polar surface area (TPSA) is 82.6 Å². The maximum atomic E-state index is 11.9. The molecule has 0 saturated heterocycles. The predicted molar refractivity (Wildman–Crippen MR) is 99.0 cm³/mol. The molecule has 6 heteroatoms. The molecule has 0 spiro atoms. The summed E-state index contributed by atoms with van der Waals surface area (Å²) in [6, 6.07) is 13.0. The third-order valence-corrected chi connectivity index (χ3v) is 4.83. The van der Waals surface area contributed by atoms with E-state index >= 15 is 0 Å². The lowest BCUT2D eigenvalue weighted by molar-refractivity contribution is -0.386. The van der Waals surface area contributed by atoms with Gasteiger partial charge in [-0.15, -0.1) is 0 Å². The van der Waals surface area contributed by atoms with Gasteiger partial charge in [0, 0.05) is 16.7 Å². The van der Waals surface area contributed by atoms with Crippen molar-refractivity contribution in [3.05, 3.63) is 81.3 Å². The Bertz CT molecular complexity index is 1010. The average molecular weight is 363 g/mol. The molecule has 3 aromatic rings. The van der Waals surface area contributed by atoms with Crippen LogP contribution in [-0.4, -0.2) is 11.2 Å². The van der Waals surface area contributed by atoms with E-state index in [4.69, 9.17) is 9.15 Å². The minimum atomic E-state index is -0.380. The van der Waals surface area contributed by atoms with Gasteiger partial charge in [-0.3, -0.25) is 14.9 Å². The molecule has 0 aliphatic heterocycles. The van der Waals surface area contributed by atoms with E-state index in [2.05, 4.69) is 0 Å². The first-order valence-corrected chi connectivity index (χ1v) is 8.72. The van der Waals surface area contributed by atoms with Gasteiger partial charge in [-0.2, -0.15) is 0 Å². The maximum Gasteiger partial charge on any atom is 0.315 e. The first-order chi connectivity index (χ1) is 13.2. The second kappa shape index (κ2) is 7.07. The fourth-order valence-electron chi connectivity index (χ4n) is 3.60. The van der Waals surface area contributed by atoms with E-state index in [-0.39, 0.29) is 28.7 Å². The average Bonchev–Trinajstić information content (AvgIpc) is 3.34. The van der Waals surface area contributed by atoms with Crippen molar-refractivity contribution in [1.82, 2.24) is 0 Å². The number of nitrogens with zero attached hydrogens (tertiary/aromatic N) is 1. The molecule has 4 rings (SSSR count). The molecular formula is C21H17NO5. The molecule has 1 aliphatic carbocycles. The van der Waals surface area contributed by atoms with Crippen LogP contribution in [-0.2, 0) is 19.4 Å². The molecule has 0 amide bonds. The largest absolute Gasteiger partial charge is 0.482 e. The van der Waals surface area contributed by atoms with E-state index in [0.29, 0.717) is 23.8 Å². The fourth-order valence-corrected chi connectivity index (χ4v) is 3.60. The third-order valence-electron chi connectivity index (χ3n) is 4.83. The zero-order chi connectivity index (χ0) is 18.8. The van der Waals surface area contributed by atoms with Gasteiger partial charge in [0.25, 0.3) is 0 Å². The molecule has 0 unspecified atom stereocenters. The summed E-state index contributed by atoms with van der Waals surface area (Å²) in [5.41, 5.74) is 3.58. The van der Waals surface area contributed by atoms with Crippen molar-refractivity contribution in [1.29, 1.82) is 0 Å². The second-order valence-electron chi connectivity index (χ2n) is 6.44. The van der Waals surface area contributed by atoms with E-state index in [0.717, 1.165) is 29.5 Å². The van der Waals surface area contributed by atoms with Crippen LogP contribution in [0.3, 0.4) is 0 Å². The van der Waals surface area contributed by atoms with Crippen molar-refractivity contribution in [2.75, 3.05) is 0 Å². The Balaban J connectivity index is 1.87. The smallest absolute Gasteiger partial charge is 0.315 e. The van der Waals surface area contributed by atoms with Crippen LogP contribution in [0.1, 0.15) is 33.7 Å². The summed E-state index contributed by atoms with van der Waals surface area (Å²) in [5.74, 6) is 0.320. The summed E-state index contributed by atoms with van der Waals surface area (Å²) in [6.45, 7) is 0.196. The number of nitro groups is 1. The molecule has 1 heterocycles. The van der Waals surface area contributed by atoms with Crippen molar-refractivity contribution < 1.29 is 18.9 Å².